The molecule has 0 fully saturated rings. The van der Waals surface area contributed by atoms with Crippen molar-refractivity contribution in [2.24, 2.45) is 0 Å². The maximum Gasteiger partial charge on any atom is 0.125 e. The van der Waals surface area contributed by atoms with Gasteiger partial charge in [-0.3, -0.25) is 0 Å². The molecule has 0 radical (unpaired) electrons. The topological polar surface area (TPSA) is 6.48 Å². The van der Waals surface area contributed by atoms with Gasteiger partial charge in [0.2, 0.25) is 0 Å². The smallest absolute Gasteiger partial charge is 0.125 e. The largest absolute Gasteiger partial charge is 0.310 e. The van der Waals surface area contributed by atoms with Crippen LogP contribution < -0.4 is 9.80 Å². The number of anilines is 6. The molecule has 0 bridgehead atoms. The predicted molar refractivity (Wildman–Crippen MR) is 294 cm³/mol. The summed E-state index contributed by atoms with van der Waals surface area (Å²) in [6, 6.07) is 82.4. The summed E-state index contributed by atoms with van der Waals surface area (Å²) in [6.07, 6.45) is 0. The first kappa shape index (κ1) is 42.3. The van der Waals surface area contributed by atoms with E-state index in [4.69, 9.17) is 0 Å². The number of para-hydroxylation sites is 2. The Bertz CT molecular complexity index is 4060. The summed E-state index contributed by atoms with van der Waals surface area (Å²) in [4.78, 5) is 4.34. The van der Waals surface area contributed by atoms with Gasteiger partial charge < -0.3 is 9.80 Å². The Kier molecular flexibility index (Phi) is 9.93. The van der Waals surface area contributed by atoms with E-state index >= 15 is 8.78 Å². The van der Waals surface area contributed by atoms with Gasteiger partial charge in [0, 0.05) is 39.5 Å². The van der Waals surface area contributed by atoms with E-state index in [-0.39, 0.29) is 11.6 Å². The van der Waals surface area contributed by atoms with E-state index in [1.54, 1.807) is 24.3 Å². The number of hydrogen-bond donors (Lipinski definition) is 0. The van der Waals surface area contributed by atoms with Gasteiger partial charge in [0.1, 0.15) is 11.6 Å². The molecule has 4 heteroatoms. The van der Waals surface area contributed by atoms with Gasteiger partial charge in [-0.05, 0) is 173 Å². The Hall–Kier alpha value is -8.86. The average molecular weight is 917 g/mol. The van der Waals surface area contributed by atoms with Gasteiger partial charge in [-0.25, -0.2) is 8.78 Å². The van der Waals surface area contributed by atoms with Gasteiger partial charge >= 0.3 is 0 Å². The van der Waals surface area contributed by atoms with Crippen LogP contribution in [0.3, 0.4) is 0 Å². The summed E-state index contributed by atoms with van der Waals surface area (Å²) in [6.45, 7) is 4.66. The van der Waals surface area contributed by atoms with Gasteiger partial charge in [-0.15, -0.1) is 0 Å². The van der Waals surface area contributed by atoms with Crippen LogP contribution in [0.5, 0.6) is 0 Å². The Labute approximate surface area is 411 Å². The molecule has 0 heterocycles. The van der Waals surface area contributed by atoms with Crippen LogP contribution in [0.1, 0.15) is 25.0 Å². The molecule has 1 aliphatic carbocycles. The van der Waals surface area contributed by atoms with Gasteiger partial charge in [0.05, 0.1) is 0 Å². The highest BCUT2D eigenvalue weighted by molar-refractivity contribution is 6.19. The number of fused-ring (bicyclic) bond motifs is 10. The van der Waals surface area contributed by atoms with Crippen LogP contribution >= 0.6 is 0 Å². The number of benzene rings is 12. The second-order valence-electron chi connectivity index (χ2n) is 19.2. The molecule has 13 rings (SSSR count). The van der Waals surface area contributed by atoms with Crippen molar-refractivity contribution in [3.05, 3.63) is 265 Å². The maximum absolute atomic E-state index is 16.1. The Morgan fingerprint density at radius 2 is 0.775 bits per heavy atom. The second kappa shape index (κ2) is 16.7. The minimum atomic E-state index is -0.433. The Morgan fingerprint density at radius 3 is 1.34 bits per heavy atom. The standard InChI is InChI=1S/C67H46F2N2/c1-67(2)64-42-52(71(50-23-7-4-8-24-50)54-38-46(36-48(69)40-54)58-30-16-20-44-18-10-12-26-56(44)58)32-34-62(64)65-60-28-14-13-27-59(60)63-41-51(31-33-61(63)66(65)67)70(49-21-5-3-6-22-49)53-37-45(35-47(68)39-53)57-29-15-19-43-17-9-11-25-55(43)57/h3-42H,1-2H3. The van der Waals surface area contributed by atoms with E-state index in [1.807, 2.05) is 72.8 Å². The van der Waals surface area contributed by atoms with Gasteiger partial charge in [0.15, 0.2) is 0 Å². The van der Waals surface area contributed by atoms with Crippen LogP contribution in [0.2, 0.25) is 0 Å². The van der Waals surface area contributed by atoms with E-state index in [0.717, 1.165) is 88.7 Å². The van der Waals surface area contributed by atoms with Crippen molar-refractivity contribution in [3.63, 3.8) is 0 Å². The van der Waals surface area contributed by atoms with Gasteiger partial charge in [0.25, 0.3) is 0 Å². The minimum absolute atomic E-state index is 0.300. The summed E-state index contributed by atoms with van der Waals surface area (Å²) in [5, 5.41) is 8.98. The molecule has 0 N–H and O–H groups in total. The van der Waals surface area contributed by atoms with Crippen LogP contribution in [0.4, 0.5) is 42.9 Å². The van der Waals surface area contributed by atoms with Crippen LogP contribution in [0.15, 0.2) is 243 Å². The first-order valence-electron chi connectivity index (χ1n) is 24.2. The zero-order chi connectivity index (χ0) is 47.8. The number of rotatable bonds is 8. The molecule has 2 nitrogen and oxygen atoms in total. The Morgan fingerprint density at radius 1 is 0.310 bits per heavy atom. The predicted octanol–water partition coefficient (Wildman–Crippen LogP) is 19.2. The molecule has 12 aromatic rings. The Balaban J connectivity index is 0.966. The zero-order valence-electron chi connectivity index (χ0n) is 39.2. The molecule has 338 valence electrons. The minimum Gasteiger partial charge on any atom is -0.310 e. The zero-order valence-corrected chi connectivity index (χ0v) is 39.2. The van der Waals surface area contributed by atoms with E-state index in [9.17, 15) is 0 Å². The van der Waals surface area contributed by atoms with Crippen LogP contribution in [-0.4, -0.2) is 0 Å². The van der Waals surface area contributed by atoms with Crippen molar-refractivity contribution < 1.29 is 8.78 Å². The summed E-state index contributed by atoms with van der Waals surface area (Å²) in [5.41, 5.74) is 13.2. The lowest BCUT2D eigenvalue weighted by Crippen LogP contribution is -2.17. The third kappa shape index (κ3) is 7.05. The molecule has 71 heavy (non-hydrogen) atoms. The van der Waals surface area contributed by atoms with Crippen LogP contribution in [0, 0.1) is 11.6 Å². The molecule has 1 aliphatic rings. The van der Waals surface area contributed by atoms with Crippen LogP contribution in [0.25, 0.3) is 76.5 Å². The molecular weight excluding hydrogens is 871 g/mol. The van der Waals surface area contributed by atoms with Crippen molar-refractivity contribution in [3.8, 4) is 33.4 Å². The van der Waals surface area contributed by atoms with Crippen molar-refractivity contribution >= 4 is 77.2 Å². The molecule has 0 aromatic heterocycles. The third-order valence-electron chi connectivity index (χ3n) is 14.6. The lowest BCUT2D eigenvalue weighted by Gasteiger charge is -2.29. The van der Waals surface area contributed by atoms with E-state index < -0.39 is 5.41 Å². The lowest BCUT2D eigenvalue weighted by molar-refractivity contribution is 0.628. The highest BCUT2D eigenvalue weighted by Crippen LogP contribution is 2.56. The first-order valence-corrected chi connectivity index (χ1v) is 24.2. The lowest BCUT2D eigenvalue weighted by atomic mass is 9.79. The first-order chi connectivity index (χ1) is 34.8. The summed E-state index contributed by atoms with van der Waals surface area (Å²) in [7, 11) is 0. The molecule has 0 spiro atoms. The SMILES string of the molecule is CC1(C)c2cc(N(c3ccccc3)c3cc(F)cc(-c4cccc5ccccc45)c3)ccc2-c2c1c1ccc(N(c3ccccc3)c3cc(F)cc(-c4cccc5ccccc45)c3)cc1c1ccccc21. The highest BCUT2D eigenvalue weighted by Gasteiger charge is 2.39. The van der Waals surface area contributed by atoms with Crippen molar-refractivity contribution in [2.75, 3.05) is 9.80 Å². The molecular formula is C67H46F2N2. The number of nitrogens with zero attached hydrogens (tertiary/aromatic N) is 2. The molecule has 0 amide bonds. The average Bonchev–Trinajstić information content (AvgIpc) is 3.64. The van der Waals surface area contributed by atoms with Crippen molar-refractivity contribution in [1.82, 2.24) is 0 Å². The van der Waals surface area contributed by atoms with Gasteiger partial charge in [-0.2, -0.15) is 0 Å². The third-order valence-corrected chi connectivity index (χ3v) is 14.6. The fraction of sp³-hybridized carbons (Fsp3) is 0.0448. The van der Waals surface area contributed by atoms with Gasteiger partial charge in [-0.1, -0.05) is 172 Å². The molecule has 0 saturated heterocycles. The number of halogens is 2. The van der Waals surface area contributed by atoms with E-state index in [1.165, 1.54) is 33.0 Å². The van der Waals surface area contributed by atoms with E-state index in [0.29, 0.717) is 0 Å². The molecule has 12 aromatic carbocycles. The highest BCUT2D eigenvalue weighted by atomic mass is 19.1. The molecule has 0 atom stereocenters. The molecule has 0 saturated carbocycles. The maximum atomic E-state index is 16.1. The van der Waals surface area contributed by atoms with Crippen molar-refractivity contribution in [2.45, 2.75) is 19.3 Å². The summed E-state index contributed by atoms with van der Waals surface area (Å²) < 4.78 is 32.2. The summed E-state index contributed by atoms with van der Waals surface area (Å²) in [5.74, 6) is -0.603. The number of hydrogen-bond acceptors (Lipinski definition) is 2. The van der Waals surface area contributed by atoms with E-state index in [2.05, 4.69) is 169 Å². The summed E-state index contributed by atoms with van der Waals surface area (Å²) >= 11 is 0. The molecule has 0 unspecified atom stereocenters. The van der Waals surface area contributed by atoms with Crippen molar-refractivity contribution in [1.29, 1.82) is 0 Å². The fourth-order valence-electron chi connectivity index (χ4n) is 11.5. The monoisotopic (exact) mass is 916 g/mol. The quantitative estimate of drug-likeness (QED) is 0.140. The fourth-order valence-corrected chi connectivity index (χ4v) is 11.5. The normalized spacial score (nSPS) is 12.6. The van der Waals surface area contributed by atoms with Crippen LogP contribution in [-0.2, 0) is 5.41 Å². The molecule has 0 aliphatic heterocycles. The second-order valence-corrected chi connectivity index (χ2v) is 19.2.